The molecule has 1 atom stereocenters. The predicted molar refractivity (Wildman–Crippen MR) is 93.6 cm³/mol. The van der Waals surface area contributed by atoms with E-state index < -0.39 is 11.7 Å². The van der Waals surface area contributed by atoms with Crippen molar-refractivity contribution in [2.24, 2.45) is 0 Å². The molecule has 3 aromatic rings. The van der Waals surface area contributed by atoms with Gasteiger partial charge >= 0.3 is 6.18 Å². The van der Waals surface area contributed by atoms with Crippen molar-refractivity contribution in [1.82, 2.24) is 4.98 Å². The van der Waals surface area contributed by atoms with Crippen molar-refractivity contribution in [2.45, 2.75) is 12.3 Å². The highest BCUT2D eigenvalue weighted by Crippen LogP contribution is 2.36. The summed E-state index contributed by atoms with van der Waals surface area (Å²) in [6.45, 7) is 1.61. The molecule has 0 radical (unpaired) electrons. The quantitative estimate of drug-likeness (QED) is 0.706. The molecule has 1 saturated heterocycles. The van der Waals surface area contributed by atoms with Gasteiger partial charge in [-0.1, -0.05) is 23.5 Å². The number of rotatable bonds is 2. The summed E-state index contributed by atoms with van der Waals surface area (Å²) in [6, 6.07) is 10.5. The van der Waals surface area contributed by atoms with Gasteiger partial charge in [-0.3, -0.25) is 0 Å². The van der Waals surface area contributed by atoms with Crippen molar-refractivity contribution in [3.05, 3.63) is 53.6 Å². The number of thiazole rings is 1. The van der Waals surface area contributed by atoms with Crippen LogP contribution in [0.25, 0.3) is 10.2 Å². The number of benzene rings is 2. The van der Waals surface area contributed by atoms with Gasteiger partial charge in [0.05, 0.1) is 28.9 Å². The molecule has 1 N–H and O–H groups in total. The highest BCUT2D eigenvalue weighted by molar-refractivity contribution is 7.22. The minimum atomic E-state index is -4.38. The Bertz CT molecular complexity index is 942. The first-order chi connectivity index (χ1) is 12.4. The molecule has 0 aliphatic carbocycles. The third-order valence-corrected chi connectivity index (χ3v) is 5.38. The number of halogens is 3. The molecule has 136 valence electrons. The minimum Gasteiger partial charge on any atom is -0.508 e. The zero-order chi connectivity index (χ0) is 18.3. The van der Waals surface area contributed by atoms with Gasteiger partial charge in [0.1, 0.15) is 11.9 Å². The number of alkyl halides is 3. The summed E-state index contributed by atoms with van der Waals surface area (Å²) in [5.41, 5.74) is 0.511. The van der Waals surface area contributed by atoms with E-state index in [1.807, 2.05) is 11.0 Å². The van der Waals surface area contributed by atoms with Crippen molar-refractivity contribution in [3.63, 3.8) is 0 Å². The molecule has 2 aromatic carbocycles. The fourth-order valence-electron chi connectivity index (χ4n) is 2.98. The Morgan fingerprint density at radius 2 is 2.04 bits per heavy atom. The number of aromatic nitrogens is 1. The fourth-order valence-corrected chi connectivity index (χ4v) is 3.96. The van der Waals surface area contributed by atoms with E-state index in [2.05, 4.69) is 4.98 Å². The van der Waals surface area contributed by atoms with Crippen LogP contribution in [0.3, 0.4) is 0 Å². The lowest BCUT2D eigenvalue weighted by Crippen LogP contribution is -2.38. The molecule has 4 nitrogen and oxygen atoms in total. The zero-order valence-corrected chi connectivity index (χ0v) is 14.3. The average molecular weight is 380 g/mol. The minimum absolute atomic E-state index is 0.169. The van der Waals surface area contributed by atoms with Gasteiger partial charge in [-0.25, -0.2) is 4.98 Å². The number of aromatic hydroxyl groups is 1. The van der Waals surface area contributed by atoms with Gasteiger partial charge in [0.15, 0.2) is 5.13 Å². The van der Waals surface area contributed by atoms with Crippen LogP contribution in [0.4, 0.5) is 18.3 Å². The molecule has 8 heteroatoms. The third kappa shape index (κ3) is 3.34. The first kappa shape index (κ1) is 17.1. The molecule has 0 amide bonds. The van der Waals surface area contributed by atoms with E-state index in [4.69, 9.17) is 4.74 Å². The SMILES string of the molecule is Oc1cccc([C@@H]2CN(c3nc4cc(C(F)(F)F)ccc4s3)CCO2)c1. The summed E-state index contributed by atoms with van der Waals surface area (Å²) < 4.78 is 45.1. The average Bonchev–Trinajstić information content (AvgIpc) is 3.04. The second-order valence-electron chi connectivity index (χ2n) is 6.08. The maximum absolute atomic E-state index is 12.9. The molecule has 1 fully saturated rings. The molecule has 0 unspecified atom stereocenters. The molecular formula is C18H15F3N2O2S. The van der Waals surface area contributed by atoms with E-state index in [0.717, 1.165) is 17.7 Å². The summed E-state index contributed by atoms with van der Waals surface area (Å²) in [5, 5.41) is 10.3. The zero-order valence-electron chi connectivity index (χ0n) is 13.5. The molecule has 1 aliphatic heterocycles. The molecule has 2 heterocycles. The number of ether oxygens (including phenoxy) is 1. The van der Waals surface area contributed by atoms with E-state index >= 15 is 0 Å². The number of fused-ring (bicyclic) bond motifs is 1. The Kier molecular flexibility index (Phi) is 4.24. The second-order valence-corrected chi connectivity index (χ2v) is 7.09. The molecule has 1 aromatic heterocycles. The summed E-state index contributed by atoms with van der Waals surface area (Å²) >= 11 is 1.37. The first-order valence-corrected chi connectivity index (χ1v) is 8.85. The van der Waals surface area contributed by atoms with Gasteiger partial charge in [0, 0.05) is 6.54 Å². The molecule has 0 saturated carbocycles. The Morgan fingerprint density at radius 1 is 1.19 bits per heavy atom. The molecule has 4 rings (SSSR count). The van der Waals surface area contributed by atoms with Crippen LogP contribution in [0, 0.1) is 0 Å². The Hall–Kier alpha value is -2.32. The van der Waals surface area contributed by atoms with E-state index in [1.54, 1.807) is 18.2 Å². The van der Waals surface area contributed by atoms with Crippen LogP contribution < -0.4 is 4.90 Å². The van der Waals surface area contributed by atoms with Crippen molar-refractivity contribution in [2.75, 3.05) is 24.6 Å². The Morgan fingerprint density at radius 3 is 2.81 bits per heavy atom. The fraction of sp³-hybridized carbons (Fsp3) is 0.278. The monoisotopic (exact) mass is 380 g/mol. The van der Waals surface area contributed by atoms with Crippen molar-refractivity contribution < 1.29 is 23.0 Å². The number of phenolic OH excluding ortho intramolecular Hbond substituents is 1. The lowest BCUT2D eigenvalue weighted by atomic mass is 10.1. The number of phenols is 1. The van der Waals surface area contributed by atoms with Crippen LogP contribution >= 0.6 is 11.3 Å². The number of anilines is 1. The summed E-state index contributed by atoms with van der Waals surface area (Å²) in [7, 11) is 0. The lowest BCUT2D eigenvalue weighted by Gasteiger charge is -2.33. The lowest BCUT2D eigenvalue weighted by molar-refractivity contribution is -0.137. The van der Waals surface area contributed by atoms with E-state index in [0.29, 0.717) is 35.0 Å². The maximum atomic E-state index is 12.9. The summed E-state index contributed by atoms with van der Waals surface area (Å²) in [6.07, 6.45) is -4.61. The summed E-state index contributed by atoms with van der Waals surface area (Å²) in [5.74, 6) is 0.169. The predicted octanol–water partition coefficient (Wildman–Crippen LogP) is 4.60. The van der Waals surface area contributed by atoms with Gasteiger partial charge in [0.25, 0.3) is 0 Å². The van der Waals surface area contributed by atoms with Crippen LogP contribution in [-0.2, 0) is 10.9 Å². The highest BCUT2D eigenvalue weighted by atomic mass is 32.1. The van der Waals surface area contributed by atoms with Crippen LogP contribution in [0.2, 0.25) is 0 Å². The van der Waals surface area contributed by atoms with Gasteiger partial charge in [-0.15, -0.1) is 0 Å². The molecular weight excluding hydrogens is 365 g/mol. The summed E-state index contributed by atoms with van der Waals surface area (Å²) in [4.78, 5) is 6.41. The van der Waals surface area contributed by atoms with Crippen molar-refractivity contribution in [3.8, 4) is 5.75 Å². The van der Waals surface area contributed by atoms with Gasteiger partial charge < -0.3 is 14.7 Å². The Labute approximate surface area is 151 Å². The van der Waals surface area contributed by atoms with Gasteiger partial charge in [0.2, 0.25) is 0 Å². The number of hydrogen-bond acceptors (Lipinski definition) is 5. The molecule has 0 bridgehead atoms. The van der Waals surface area contributed by atoms with Crippen molar-refractivity contribution >= 4 is 26.7 Å². The first-order valence-electron chi connectivity index (χ1n) is 8.03. The molecule has 1 aliphatic rings. The van der Waals surface area contributed by atoms with Crippen LogP contribution in [-0.4, -0.2) is 29.8 Å². The molecule has 0 spiro atoms. The number of morpholine rings is 1. The van der Waals surface area contributed by atoms with E-state index in [1.165, 1.54) is 17.4 Å². The largest absolute Gasteiger partial charge is 0.508 e. The number of nitrogens with zero attached hydrogens (tertiary/aromatic N) is 2. The normalized spacial score (nSPS) is 18.4. The number of hydrogen-bond donors (Lipinski definition) is 1. The van der Waals surface area contributed by atoms with Crippen LogP contribution in [0.1, 0.15) is 17.2 Å². The standard InChI is InChI=1S/C18H15F3N2O2S/c19-18(20,21)12-4-5-16-14(9-12)22-17(26-16)23-6-7-25-15(10-23)11-2-1-3-13(24)8-11/h1-5,8-9,15,24H,6-7,10H2/t15-/m0/s1. The van der Waals surface area contributed by atoms with Crippen molar-refractivity contribution in [1.29, 1.82) is 0 Å². The smallest absolute Gasteiger partial charge is 0.416 e. The highest BCUT2D eigenvalue weighted by Gasteiger charge is 2.31. The topological polar surface area (TPSA) is 45.6 Å². The Balaban J connectivity index is 1.60. The van der Waals surface area contributed by atoms with Crippen LogP contribution in [0.5, 0.6) is 5.75 Å². The third-order valence-electron chi connectivity index (χ3n) is 4.28. The van der Waals surface area contributed by atoms with E-state index in [-0.39, 0.29) is 11.9 Å². The maximum Gasteiger partial charge on any atom is 0.416 e. The van der Waals surface area contributed by atoms with Gasteiger partial charge in [-0.2, -0.15) is 13.2 Å². The second kappa shape index (κ2) is 6.44. The van der Waals surface area contributed by atoms with E-state index in [9.17, 15) is 18.3 Å². The molecule has 26 heavy (non-hydrogen) atoms. The van der Waals surface area contributed by atoms with Crippen LogP contribution in [0.15, 0.2) is 42.5 Å². The van der Waals surface area contributed by atoms with Gasteiger partial charge in [-0.05, 0) is 35.9 Å².